The Labute approximate surface area is 195 Å². The van der Waals surface area contributed by atoms with Crippen LogP contribution in [0.1, 0.15) is 28.4 Å². The predicted octanol–water partition coefficient (Wildman–Crippen LogP) is 6.90. The fourth-order valence-electron chi connectivity index (χ4n) is 3.63. The fraction of sp³-hybridized carbons (Fsp3) is 0.115. The number of hydrogen-bond acceptors (Lipinski definition) is 4. The first-order valence-electron chi connectivity index (χ1n) is 10.1. The third-order valence-electron chi connectivity index (χ3n) is 5.34. The average molecular weight is 465 g/mol. The molecule has 5 rings (SSSR count). The molecule has 0 unspecified atom stereocenters. The quantitative estimate of drug-likeness (QED) is 0.394. The molecule has 0 amide bonds. The van der Waals surface area contributed by atoms with Crippen molar-refractivity contribution < 1.29 is 19.0 Å². The summed E-state index contributed by atoms with van der Waals surface area (Å²) in [6.07, 6.45) is 3.57. The molecule has 0 radical (unpaired) electrons. The number of fused-ring (bicyclic) bond motifs is 2. The lowest BCUT2D eigenvalue weighted by molar-refractivity contribution is 0.101. The number of benzene rings is 3. The lowest BCUT2D eigenvalue weighted by Gasteiger charge is -2.22. The lowest BCUT2D eigenvalue weighted by Crippen LogP contribution is -2.18. The van der Waals surface area contributed by atoms with Gasteiger partial charge < -0.3 is 14.2 Å². The maximum absolute atomic E-state index is 12.9. The van der Waals surface area contributed by atoms with Gasteiger partial charge in [-0.25, -0.2) is 0 Å². The fourth-order valence-corrected chi connectivity index (χ4v) is 3.95. The second kappa shape index (κ2) is 8.38. The van der Waals surface area contributed by atoms with Gasteiger partial charge in [0.2, 0.25) is 5.78 Å². The molecule has 0 N–H and O–H groups in total. The zero-order valence-corrected chi connectivity index (χ0v) is 18.6. The van der Waals surface area contributed by atoms with Crippen molar-refractivity contribution in [2.24, 2.45) is 0 Å². The minimum Gasteiger partial charge on any atom is -0.489 e. The van der Waals surface area contributed by atoms with Gasteiger partial charge in [-0.3, -0.25) is 4.79 Å². The van der Waals surface area contributed by atoms with Crippen molar-refractivity contribution >= 4 is 35.1 Å². The van der Waals surface area contributed by atoms with Crippen LogP contribution in [0.15, 0.2) is 78.1 Å². The predicted molar refractivity (Wildman–Crippen MR) is 125 cm³/mol. The molecule has 0 bridgehead atoms. The van der Waals surface area contributed by atoms with Gasteiger partial charge in [0.25, 0.3) is 0 Å². The van der Waals surface area contributed by atoms with Crippen molar-refractivity contribution in [2.45, 2.75) is 19.6 Å². The minimum absolute atomic E-state index is 0.164. The first-order chi connectivity index (χ1) is 15.5. The number of para-hydroxylation sites is 1. The Morgan fingerprint density at radius 3 is 2.69 bits per heavy atom. The van der Waals surface area contributed by atoms with Gasteiger partial charge in [-0.15, -0.1) is 0 Å². The molecule has 6 heteroatoms. The van der Waals surface area contributed by atoms with Crippen LogP contribution < -0.4 is 14.2 Å². The zero-order chi connectivity index (χ0) is 22.2. The first-order valence-corrected chi connectivity index (χ1v) is 10.9. The van der Waals surface area contributed by atoms with E-state index in [1.54, 1.807) is 36.4 Å². The highest BCUT2D eigenvalue weighted by atomic mass is 35.5. The monoisotopic (exact) mass is 464 g/mol. The number of hydrogen-bond donors (Lipinski definition) is 0. The summed E-state index contributed by atoms with van der Waals surface area (Å²) in [4.78, 5) is 12.9. The largest absolute Gasteiger partial charge is 0.489 e. The van der Waals surface area contributed by atoms with Crippen LogP contribution in [0.4, 0.5) is 0 Å². The highest BCUT2D eigenvalue weighted by molar-refractivity contribution is 6.42. The molecule has 3 aromatic carbocycles. The van der Waals surface area contributed by atoms with Gasteiger partial charge in [-0.05, 0) is 60.5 Å². The molecule has 4 nitrogen and oxygen atoms in total. The molecule has 0 aromatic heterocycles. The minimum atomic E-state index is -0.192. The maximum Gasteiger partial charge on any atom is 0.231 e. The molecule has 0 saturated carbocycles. The van der Waals surface area contributed by atoms with E-state index in [0.717, 1.165) is 22.4 Å². The summed E-state index contributed by atoms with van der Waals surface area (Å²) >= 11 is 12.0. The number of Topliss-reactive ketones (excluding diaryl/α,β-unsaturated/α-hetero) is 1. The summed E-state index contributed by atoms with van der Waals surface area (Å²) < 4.78 is 17.7. The molecule has 3 aromatic rings. The van der Waals surface area contributed by atoms with Crippen LogP contribution in [-0.4, -0.2) is 11.9 Å². The van der Waals surface area contributed by atoms with Crippen molar-refractivity contribution in [1.82, 2.24) is 0 Å². The Bertz CT molecular complexity index is 1290. The van der Waals surface area contributed by atoms with Gasteiger partial charge in [-0.2, -0.15) is 0 Å². The topological polar surface area (TPSA) is 44.8 Å². The standard InChI is InChI=1S/C26H18Cl2O4/c1-15-18(11-17-4-2-3-5-23(17)31-15)12-25-26(29)20-8-7-19(13-24(20)32-25)30-14-16-6-9-21(27)22(28)10-16/h2-13,15H,14H2,1H3/t15-/m1/s1. The van der Waals surface area contributed by atoms with Crippen LogP contribution in [0.25, 0.3) is 6.08 Å². The van der Waals surface area contributed by atoms with Crippen molar-refractivity contribution in [3.05, 3.63) is 105 Å². The van der Waals surface area contributed by atoms with E-state index in [0.29, 0.717) is 33.7 Å². The Balaban J connectivity index is 1.35. The van der Waals surface area contributed by atoms with Crippen LogP contribution in [0, 0.1) is 0 Å². The van der Waals surface area contributed by atoms with Crippen LogP contribution in [0.3, 0.4) is 0 Å². The Morgan fingerprint density at radius 1 is 1.00 bits per heavy atom. The second-order valence-electron chi connectivity index (χ2n) is 7.58. The van der Waals surface area contributed by atoms with Gasteiger partial charge in [0, 0.05) is 11.6 Å². The third-order valence-corrected chi connectivity index (χ3v) is 6.08. The van der Waals surface area contributed by atoms with Gasteiger partial charge in [0.05, 0.1) is 15.6 Å². The van der Waals surface area contributed by atoms with Gasteiger partial charge in [-0.1, -0.05) is 47.5 Å². The molecule has 2 heterocycles. The number of ether oxygens (including phenoxy) is 3. The first kappa shape index (κ1) is 20.7. The zero-order valence-electron chi connectivity index (χ0n) is 17.1. The van der Waals surface area contributed by atoms with E-state index in [9.17, 15) is 4.79 Å². The molecule has 0 spiro atoms. The summed E-state index contributed by atoms with van der Waals surface area (Å²) in [7, 11) is 0. The highest BCUT2D eigenvalue weighted by Gasteiger charge is 2.29. The molecule has 32 heavy (non-hydrogen) atoms. The number of rotatable bonds is 4. The molecule has 0 fully saturated rings. The third kappa shape index (κ3) is 3.99. The SMILES string of the molecule is C[C@H]1Oc2ccccc2C=C1C=C1Oc2cc(OCc3ccc(Cl)c(Cl)c3)ccc2C1=O. The summed E-state index contributed by atoms with van der Waals surface area (Å²) in [5, 5.41) is 0.971. The molecule has 160 valence electrons. The van der Waals surface area contributed by atoms with Crippen molar-refractivity contribution in [3.63, 3.8) is 0 Å². The molecule has 2 aliphatic rings. The van der Waals surface area contributed by atoms with E-state index < -0.39 is 0 Å². The summed E-state index contributed by atoms with van der Waals surface area (Å²) in [6, 6.07) is 18.3. The van der Waals surface area contributed by atoms with E-state index in [4.69, 9.17) is 37.4 Å². The van der Waals surface area contributed by atoms with Gasteiger partial charge in [0.15, 0.2) is 5.76 Å². The van der Waals surface area contributed by atoms with Crippen LogP contribution in [-0.2, 0) is 6.61 Å². The average Bonchev–Trinajstić information content (AvgIpc) is 3.09. The number of ketones is 1. The Hall–Kier alpha value is -3.21. The van der Waals surface area contributed by atoms with Crippen molar-refractivity contribution in [3.8, 4) is 17.2 Å². The van der Waals surface area contributed by atoms with E-state index in [1.165, 1.54) is 0 Å². The van der Waals surface area contributed by atoms with Gasteiger partial charge >= 0.3 is 0 Å². The van der Waals surface area contributed by atoms with Crippen molar-refractivity contribution in [2.75, 3.05) is 0 Å². The second-order valence-corrected chi connectivity index (χ2v) is 8.39. The number of carbonyl (C=O) groups is 1. The Kier molecular flexibility index (Phi) is 5.41. The molecule has 0 aliphatic carbocycles. The maximum atomic E-state index is 12.9. The van der Waals surface area contributed by atoms with Crippen LogP contribution in [0.2, 0.25) is 10.0 Å². The molecule has 0 saturated heterocycles. The van der Waals surface area contributed by atoms with E-state index in [-0.39, 0.29) is 17.6 Å². The smallest absolute Gasteiger partial charge is 0.231 e. The molecule has 2 aliphatic heterocycles. The molecular weight excluding hydrogens is 447 g/mol. The lowest BCUT2D eigenvalue weighted by atomic mass is 10.0. The molecular formula is C26H18Cl2O4. The number of allylic oxidation sites excluding steroid dienone is 1. The van der Waals surface area contributed by atoms with Crippen LogP contribution >= 0.6 is 23.2 Å². The highest BCUT2D eigenvalue weighted by Crippen LogP contribution is 2.36. The summed E-state index contributed by atoms with van der Waals surface area (Å²) in [5.74, 6) is 1.99. The van der Waals surface area contributed by atoms with E-state index in [1.807, 2.05) is 43.3 Å². The van der Waals surface area contributed by atoms with Crippen molar-refractivity contribution in [1.29, 1.82) is 0 Å². The number of carbonyl (C=O) groups excluding carboxylic acids is 1. The van der Waals surface area contributed by atoms with E-state index >= 15 is 0 Å². The van der Waals surface area contributed by atoms with Gasteiger partial charge in [0.1, 0.15) is 30.0 Å². The summed E-state index contributed by atoms with van der Waals surface area (Å²) in [5.41, 5.74) is 3.23. The Morgan fingerprint density at radius 2 is 1.84 bits per heavy atom. The number of halogens is 2. The van der Waals surface area contributed by atoms with E-state index in [2.05, 4.69) is 0 Å². The normalized spacial score (nSPS) is 17.8. The summed E-state index contributed by atoms with van der Waals surface area (Å²) in [6.45, 7) is 2.26. The van der Waals surface area contributed by atoms with Crippen LogP contribution in [0.5, 0.6) is 17.2 Å². The molecule has 1 atom stereocenters.